The first-order valence-electron chi connectivity index (χ1n) is 9.49. The van der Waals surface area contributed by atoms with Crippen LogP contribution in [0.1, 0.15) is 37.6 Å². The minimum absolute atomic E-state index is 0.139. The highest BCUT2D eigenvalue weighted by molar-refractivity contribution is 6.35. The number of hydrogen-bond acceptors (Lipinski definition) is 5. The second-order valence-corrected chi connectivity index (χ2v) is 8.56. The average Bonchev–Trinajstić information content (AvgIpc) is 3.43. The van der Waals surface area contributed by atoms with Gasteiger partial charge in [0.05, 0.1) is 36.3 Å². The summed E-state index contributed by atoms with van der Waals surface area (Å²) < 4.78 is 5.18. The molecule has 1 aromatic carbocycles. The molecule has 0 spiro atoms. The maximum absolute atomic E-state index is 12.5. The Hall–Kier alpha value is -2.16. The number of nitrogens with one attached hydrogen (secondary N) is 3. The van der Waals surface area contributed by atoms with Crippen molar-refractivity contribution in [3.63, 3.8) is 0 Å². The standard InChI is InChI=1S/C20H25Cl2N3O5/c1-11(2)6-15(18(28)20(3)10-30-20)25-17(27)9-23-16(26)8-24-19(29)13-7-12(21)4-5-14(13)22/h4-5,7,11,15H,6,8-10H2,1-3H3,(H,23,26)(H,24,29)(H,25,27)/t15-,20+/m0/s1. The monoisotopic (exact) mass is 457 g/mol. The van der Waals surface area contributed by atoms with Crippen molar-refractivity contribution in [1.29, 1.82) is 0 Å². The number of benzene rings is 1. The summed E-state index contributed by atoms with van der Waals surface area (Å²) >= 11 is 11.8. The van der Waals surface area contributed by atoms with Gasteiger partial charge in [-0.3, -0.25) is 19.2 Å². The number of rotatable bonds is 10. The highest BCUT2D eigenvalue weighted by atomic mass is 35.5. The molecule has 0 saturated carbocycles. The van der Waals surface area contributed by atoms with Crippen LogP contribution in [0.25, 0.3) is 0 Å². The molecule has 164 valence electrons. The lowest BCUT2D eigenvalue weighted by atomic mass is 9.93. The van der Waals surface area contributed by atoms with Crippen molar-refractivity contribution in [1.82, 2.24) is 16.0 Å². The highest BCUT2D eigenvalue weighted by Crippen LogP contribution is 2.29. The molecule has 1 aliphatic heterocycles. The third kappa shape index (κ3) is 6.97. The van der Waals surface area contributed by atoms with Gasteiger partial charge in [-0.1, -0.05) is 37.0 Å². The molecule has 1 aromatic rings. The van der Waals surface area contributed by atoms with Crippen LogP contribution in [0.15, 0.2) is 18.2 Å². The maximum atomic E-state index is 12.5. The predicted octanol–water partition coefficient (Wildman–Crippen LogP) is 1.73. The minimum atomic E-state index is -0.845. The number of hydrogen-bond donors (Lipinski definition) is 3. The Morgan fingerprint density at radius 2 is 1.73 bits per heavy atom. The van der Waals surface area contributed by atoms with E-state index < -0.39 is 29.4 Å². The summed E-state index contributed by atoms with van der Waals surface area (Å²) in [4.78, 5) is 48.8. The zero-order chi connectivity index (χ0) is 22.5. The Labute approximate surface area is 185 Å². The molecule has 8 nitrogen and oxygen atoms in total. The van der Waals surface area contributed by atoms with E-state index in [1.165, 1.54) is 12.1 Å². The fourth-order valence-corrected chi connectivity index (χ4v) is 3.11. The van der Waals surface area contributed by atoms with Crippen LogP contribution < -0.4 is 16.0 Å². The lowest BCUT2D eigenvalue weighted by Crippen LogP contribution is -2.50. The van der Waals surface area contributed by atoms with Crippen LogP contribution in [0.4, 0.5) is 0 Å². The van der Waals surface area contributed by atoms with Gasteiger partial charge in [0.1, 0.15) is 5.60 Å². The van der Waals surface area contributed by atoms with Gasteiger partial charge in [-0.15, -0.1) is 0 Å². The number of carbonyl (C=O) groups is 4. The summed E-state index contributed by atoms with van der Waals surface area (Å²) in [6, 6.07) is 3.72. The van der Waals surface area contributed by atoms with Crippen LogP contribution in [0.2, 0.25) is 10.0 Å². The Bertz CT molecular complexity index is 840. The first kappa shape index (κ1) is 24.1. The molecule has 10 heteroatoms. The van der Waals surface area contributed by atoms with Gasteiger partial charge in [-0.05, 0) is 37.5 Å². The van der Waals surface area contributed by atoms with E-state index in [0.29, 0.717) is 18.1 Å². The van der Waals surface area contributed by atoms with Crippen molar-refractivity contribution in [3.8, 4) is 0 Å². The van der Waals surface area contributed by atoms with Gasteiger partial charge >= 0.3 is 0 Å². The molecule has 2 rings (SSSR count). The van der Waals surface area contributed by atoms with E-state index in [4.69, 9.17) is 27.9 Å². The van der Waals surface area contributed by atoms with Gasteiger partial charge in [0.25, 0.3) is 5.91 Å². The fraction of sp³-hybridized carbons (Fsp3) is 0.500. The molecular weight excluding hydrogens is 433 g/mol. The van der Waals surface area contributed by atoms with Crippen LogP contribution in [0.3, 0.4) is 0 Å². The van der Waals surface area contributed by atoms with Gasteiger partial charge in [0.15, 0.2) is 5.78 Å². The smallest absolute Gasteiger partial charge is 0.253 e. The number of carbonyl (C=O) groups excluding carboxylic acids is 4. The number of ether oxygens (including phenoxy) is 1. The Balaban J connectivity index is 1.80. The van der Waals surface area contributed by atoms with Crippen molar-refractivity contribution >= 4 is 46.7 Å². The molecule has 0 radical (unpaired) electrons. The van der Waals surface area contributed by atoms with E-state index in [1.807, 2.05) is 13.8 Å². The molecular formula is C20H25Cl2N3O5. The zero-order valence-corrected chi connectivity index (χ0v) is 18.5. The minimum Gasteiger partial charge on any atom is -0.361 e. The molecule has 0 aromatic heterocycles. The third-order valence-electron chi connectivity index (χ3n) is 4.49. The average molecular weight is 458 g/mol. The SMILES string of the molecule is CC(C)C[C@H](NC(=O)CNC(=O)CNC(=O)c1cc(Cl)ccc1Cl)C(=O)[C@@]1(C)CO1. The second-order valence-electron chi connectivity index (χ2n) is 7.72. The first-order chi connectivity index (χ1) is 14.0. The normalized spacial score (nSPS) is 18.5. The van der Waals surface area contributed by atoms with Gasteiger partial charge in [0, 0.05) is 5.02 Å². The van der Waals surface area contributed by atoms with Gasteiger partial charge in [-0.25, -0.2) is 0 Å². The van der Waals surface area contributed by atoms with Crippen LogP contribution >= 0.6 is 23.2 Å². The summed E-state index contributed by atoms with van der Waals surface area (Å²) in [5.74, 6) is -1.63. The predicted molar refractivity (Wildman–Crippen MR) is 113 cm³/mol. The van der Waals surface area contributed by atoms with E-state index in [1.54, 1.807) is 13.0 Å². The van der Waals surface area contributed by atoms with Crippen LogP contribution in [-0.4, -0.2) is 54.8 Å². The Morgan fingerprint density at radius 1 is 1.10 bits per heavy atom. The summed E-state index contributed by atoms with van der Waals surface area (Å²) in [5.41, 5.74) is -0.706. The molecule has 3 amide bonds. The zero-order valence-electron chi connectivity index (χ0n) is 17.0. The van der Waals surface area contributed by atoms with Crippen molar-refractivity contribution < 1.29 is 23.9 Å². The molecule has 30 heavy (non-hydrogen) atoms. The first-order valence-corrected chi connectivity index (χ1v) is 10.2. The number of epoxide rings is 1. The van der Waals surface area contributed by atoms with Crippen molar-refractivity contribution in [2.75, 3.05) is 19.7 Å². The van der Waals surface area contributed by atoms with E-state index in [9.17, 15) is 19.2 Å². The Kier molecular flexibility index (Phi) is 8.23. The molecule has 1 saturated heterocycles. The lowest BCUT2D eigenvalue weighted by molar-refractivity contribution is -0.131. The molecule has 1 heterocycles. The second kappa shape index (κ2) is 10.2. The van der Waals surface area contributed by atoms with E-state index in [2.05, 4.69) is 16.0 Å². The molecule has 0 bridgehead atoms. The van der Waals surface area contributed by atoms with Crippen molar-refractivity contribution in [3.05, 3.63) is 33.8 Å². The molecule has 0 aliphatic carbocycles. The largest absolute Gasteiger partial charge is 0.361 e. The molecule has 3 N–H and O–H groups in total. The summed E-state index contributed by atoms with van der Waals surface area (Å²) in [5, 5.41) is 7.99. The van der Waals surface area contributed by atoms with Crippen LogP contribution in [0.5, 0.6) is 0 Å². The molecule has 1 aliphatic rings. The lowest BCUT2D eigenvalue weighted by Gasteiger charge is -2.21. The summed E-state index contributed by atoms with van der Waals surface area (Å²) in [7, 11) is 0. The molecule has 2 atom stereocenters. The third-order valence-corrected chi connectivity index (χ3v) is 5.05. The van der Waals surface area contributed by atoms with Gasteiger partial charge < -0.3 is 20.7 Å². The van der Waals surface area contributed by atoms with Crippen LogP contribution in [0, 0.1) is 5.92 Å². The van der Waals surface area contributed by atoms with E-state index >= 15 is 0 Å². The van der Waals surface area contributed by atoms with Gasteiger partial charge in [0.2, 0.25) is 11.8 Å². The maximum Gasteiger partial charge on any atom is 0.253 e. The summed E-state index contributed by atoms with van der Waals surface area (Å²) in [6.07, 6.45) is 0.466. The number of amides is 3. The topological polar surface area (TPSA) is 117 Å². The fourth-order valence-electron chi connectivity index (χ4n) is 2.74. The van der Waals surface area contributed by atoms with E-state index in [-0.39, 0.29) is 35.4 Å². The van der Waals surface area contributed by atoms with Crippen molar-refractivity contribution in [2.24, 2.45) is 5.92 Å². The Morgan fingerprint density at radius 3 is 2.33 bits per heavy atom. The number of ketones is 1. The van der Waals surface area contributed by atoms with Crippen LogP contribution in [-0.2, 0) is 19.1 Å². The molecule has 1 fully saturated rings. The number of Topliss-reactive ketones (excluding diaryl/α,β-unsaturated/α-hetero) is 1. The summed E-state index contributed by atoms with van der Waals surface area (Å²) in [6.45, 7) is 5.23. The van der Waals surface area contributed by atoms with Gasteiger partial charge in [-0.2, -0.15) is 0 Å². The van der Waals surface area contributed by atoms with E-state index in [0.717, 1.165) is 0 Å². The quantitative estimate of drug-likeness (QED) is 0.462. The highest BCUT2D eigenvalue weighted by Gasteiger charge is 2.50. The number of halogens is 2. The van der Waals surface area contributed by atoms with Crippen molar-refractivity contribution in [2.45, 2.75) is 38.8 Å². The molecule has 0 unspecified atom stereocenters.